The molecule has 0 spiro atoms. The maximum absolute atomic E-state index is 13.3. The van der Waals surface area contributed by atoms with E-state index in [4.69, 9.17) is 32.7 Å². The van der Waals surface area contributed by atoms with E-state index in [0.717, 1.165) is 16.4 Å². The third-order valence-corrected chi connectivity index (χ3v) is 6.06. The molecule has 1 aliphatic heterocycles. The van der Waals surface area contributed by atoms with Gasteiger partial charge in [0.1, 0.15) is 5.75 Å². The zero-order chi connectivity index (χ0) is 25.2. The van der Waals surface area contributed by atoms with Gasteiger partial charge in [0.2, 0.25) is 5.88 Å². The summed E-state index contributed by atoms with van der Waals surface area (Å²) in [6.07, 6.45) is -4.69. The van der Waals surface area contributed by atoms with Gasteiger partial charge in [-0.25, -0.2) is 0 Å². The highest BCUT2D eigenvalue weighted by Gasteiger charge is 2.36. The Morgan fingerprint density at radius 3 is 2.40 bits per heavy atom. The molecular formula is C23H21Cl2F3N4O3. The SMILES string of the molecule is COc1ccc(Cl)cc1N1CCN(C(=O)COc2cc(C(F)(F)F)nn2-c2ccccc2Cl)CC1. The van der Waals surface area contributed by atoms with Crippen LogP contribution in [0.3, 0.4) is 0 Å². The largest absolute Gasteiger partial charge is 0.495 e. The van der Waals surface area contributed by atoms with Crippen molar-refractivity contribution in [1.29, 1.82) is 0 Å². The van der Waals surface area contributed by atoms with Crippen LogP contribution in [-0.4, -0.2) is 60.5 Å². The second-order valence-corrected chi connectivity index (χ2v) is 8.55. The number of hydrogen-bond donors (Lipinski definition) is 0. The van der Waals surface area contributed by atoms with Gasteiger partial charge in [-0.1, -0.05) is 35.3 Å². The number of para-hydroxylation sites is 1. The summed E-state index contributed by atoms with van der Waals surface area (Å²) in [5.74, 6) is 0.0788. The third-order valence-electron chi connectivity index (χ3n) is 5.51. The van der Waals surface area contributed by atoms with Crippen LogP contribution in [0.5, 0.6) is 11.6 Å². The highest BCUT2D eigenvalue weighted by atomic mass is 35.5. The molecule has 1 saturated heterocycles. The first-order valence-corrected chi connectivity index (χ1v) is 11.3. The number of alkyl halides is 3. The van der Waals surface area contributed by atoms with Gasteiger partial charge in [-0.15, -0.1) is 0 Å². The molecular weight excluding hydrogens is 508 g/mol. The molecule has 3 aromatic rings. The fraction of sp³-hybridized carbons (Fsp3) is 0.304. The Labute approximate surface area is 209 Å². The van der Waals surface area contributed by atoms with Crippen LogP contribution in [0.25, 0.3) is 5.69 Å². The minimum atomic E-state index is -4.69. The summed E-state index contributed by atoms with van der Waals surface area (Å²) in [5, 5.41) is 4.36. The molecule has 1 aromatic heterocycles. The summed E-state index contributed by atoms with van der Waals surface area (Å²) in [7, 11) is 1.57. The average molecular weight is 529 g/mol. The number of aromatic nitrogens is 2. The van der Waals surface area contributed by atoms with Gasteiger partial charge >= 0.3 is 6.18 Å². The van der Waals surface area contributed by atoms with Crippen molar-refractivity contribution in [2.45, 2.75) is 6.18 Å². The van der Waals surface area contributed by atoms with Crippen molar-refractivity contribution >= 4 is 34.8 Å². The minimum absolute atomic E-state index is 0.188. The number of carbonyl (C=O) groups is 1. The minimum Gasteiger partial charge on any atom is -0.495 e. The van der Waals surface area contributed by atoms with Crippen LogP contribution in [0.15, 0.2) is 48.5 Å². The summed E-state index contributed by atoms with van der Waals surface area (Å²) in [6.45, 7) is 1.40. The highest BCUT2D eigenvalue weighted by molar-refractivity contribution is 6.32. The number of rotatable bonds is 6. The number of halogens is 5. The van der Waals surface area contributed by atoms with E-state index in [1.54, 1.807) is 42.3 Å². The molecule has 7 nitrogen and oxygen atoms in total. The summed E-state index contributed by atoms with van der Waals surface area (Å²) in [5.41, 5.74) is -0.119. The van der Waals surface area contributed by atoms with Gasteiger partial charge in [-0.05, 0) is 30.3 Å². The van der Waals surface area contributed by atoms with Gasteiger partial charge in [-0.3, -0.25) is 4.79 Å². The molecule has 1 amide bonds. The Bertz CT molecular complexity index is 1210. The number of piperazine rings is 1. The van der Waals surface area contributed by atoms with Crippen molar-refractivity contribution in [2.24, 2.45) is 0 Å². The van der Waals surface area contributed by atoms with Gasteiger partial charge < -0.3 is 19.3 Å². The van der Waals surface area contributed by atoms with Crippen LogP contribution in [0.1, 0.15) is 5.69 Å². The lowest BCUT2D eigenvalue weighted by Gasteiger charge is -2.36. The molecule has 0 radical (unpaired) electrons. The van der Waals surface area contributed by atoms with E-state index in [-0.39, 0.29) is 22.5 Å². The van der Waals surface area contributed by atoms with Crippen molar-refractivity contribution in [2.75, 3.05) is 44.8 Å². The van der Waals surface area contributed by atoms with Crippen LogP contribution in [0.4, 0.5) is 18.9 Å². The van der Waals surface area contributed by atoms with E-state index >= 15 is 0 Å². The number of amides is 1. The molecule has 0 atom stereocenters. The number of methoxy groups -OCH3 is 1. The number of hydrogen-bond acceptors (Lipinski definition) is 5. The molecule has 35 heavy (non-hydrogen) atoms. The number of carbonyl (C=O) groups excluding carboxylic acids is 1. The van der Waals surface area contributed by atoms with E-state index in [0.29, 0.717) is 37.0 Å². The summed E-state index contributed by atoms with van der Waals surface area (Å²) < 4.78 is 51.7. The lowest BCUT2D eigenvalue weighted by atomic mass is 10.2. The van der Waals surface area contributed by atoms with Crippen molar-refractivity contribution in [3.05, 3.63) is 64.3 Å². The van der Waals surface area contributed by atoms with E-state index in [2.05, 4.69) is 10.00 Å². The molecule has 2 aromatic carbocycles. The first kappa shape index (κ1) is 25.0. The lowest BCUT2D eigenvalue weighted by molar-refractivity contribution is -0.141. The number of ether oxygens (including phenoxy) is 2. The third kappa shape index (κ3) is 5.59. The van der Waals surface area contributed by atoms with E-state index in [9.17, 15) is 18.0 Å². The highest BCUT2D eigenvalue weighted by Crippen LogP contribution is 2.34. The zero-order valence-corrected chi connectivity index (χ0v) is 20.1. The molecule has 0 saturated carbocycles. The molecule has 2 heterocycles. The van der Waals surface area contributed by atoms with Crippen molar-refractivity contribution < 1.29 is 27.4 Å². The van der Waals surface area contributed by atoms with Crippen molar-refractivity contribution in [3.63, 3.8) is 0 Å². The smallest absolute Gasteiger partial charge is 0.435 e. The van der Waals surface area contributed by atoms with Gasteiger partial charge in [0, 0.05) is 37.3 Å². The maximum atomic E-state index is 13.3. The number of nitrogens with zero attached hydrogens (tertiary/aromatic N) is 4. The second kappa shape index (κ2) is 10.2. The van der Waals surface area contributed by atoms with E-state index in [1.165, 1.54) is 12.1 Å². The summed E-state index contributed by atoms with van der Waals surface area (Å²) in [6, 6.07) is 12.3. The number of benzene rings is 2. The first-order valence-electron chi connectivity index (χ1n) is 10.6. The van der Waals surface area contributed by atoms with E-state index in [1.807, 2.05) is 0 Å². The Balaban J connectivity index is 1.44. The average Bonchev–Trinajstić information content (AvgIpc) is 3.27. The van der Waals surface area contributed by atoms with Crippen LogP contribution in [-0.2, 0) is 11.0 Å². The second-order valence-electron chi connectivity index (χ2n) is 7.70. The Kier molecular flexibility index (Phi) is 7.32. The molecule has 0 N–H and O–H groups in total. The monoisotopic (exact) mass is 528 g/mol. The standard InChI is InChI=1S/C23H21Cl2F3N4O3/c1-34-19-7-6-15(24)12-18(19)30-8-10-31(11-9-30)21(33)14-35-22-13-20(23(26,27)28)29-32(22)17-5-3-2-4-16(17)25/h2-7,12-13H,8-11,14H2,1H3. The van der Waals surface area contributed by atoms with Gasteiger partial charge in [0.25, 0.3) is 5.91 Å². The summed E-state index contributed by atoms with van der Waals surface area (Å²) in [4.78, 5) is 16.4. The predicted octanol–water partition coefficient (Wildman–Crippen LogP) is 4.93. The van der Waals surface area contributed by atoms with Crippen LogP contribution in [0.2, 0.25) is 10.0 Å². The van der Waals surface area contributed by atoms with Crippen LogP contribution < -0.4 is 14.4 Å². The summed E-state index contributed by atoms with van der Waals surface area (Å²) >= 11 is 12.3. The Morgan fingerprint density at radius 2 is 1.74 bits per heavy atom. The topological polar surface area (TPSA) is 59.8 Å². The predicted molar refractivity (Wildman–Crippen MR) is 126 cm³/mol. The molecule has 1 fully saturated rings. The first-order chi connectivity index (χ1) is 16.7. The van der Waals surface area contributed by atoms with Gasteiger partial charge in [0.15, 0.2) is 12.3 Å². The fourth-order valence-electron chi connectivity index (χ4n) is 3.74. The maximum Gasteiger partial charge on any atom is 0.435 e. The molecule has 0 unspecified atom stereocenters. The Hall–Kier alpha value is -3.11. The molecule has 0 bridgehead atoms. The number of anilines is 1. The van der Waals surface area contributed by atoms with Gasteiger partial charge in [0.05, 0.1) is 23.5 Å². The van der Waals surface area contributed by atoms with Crippen LogP contribution >= 0.6 is 23.2 Å². The lowest BCUT2D eigenvalue weighted by Crippen LogP contribution is -2.50. The quantitative estimate of drug-likeness (QED) is 0.453. The molecule has 0 aliphatic carbocycles. The molecule has 1 aliphatic rings. The Morgan fingerprint density at radius 1 is 1.03 bits per heavy atom. The molecule has 4 rings (SSSR count). The van der Waals surface area contributed by atoms with Crippen molar-refractivity contribution in [1.82, 2.24) is 14.7 Å². The fourth-order valence-corrected chi connectivity index (χ4v) is 4.12. The van der Waals surface area contributed by atoms with Crippen LogP contribution in [0, 0.1) is 0 Å². The van der Waals surface area contributed by atoms with Crippen molar-refractivity contribution in [3.8, 4) is 17.3 Å². The zero-order valence-electron chi connectivity index (χ0n) is 18.6. The normalized spacial score (nSPS) is 14.2. The van der Waals surface area contributed by atoms with E-state index < -0.39 is 18.5 Å². The molecule has 186 valence electrons. The van der Waals surface area contributed by atoms with Gasteiger partial charge in [-0.2, -0.15) is 23.0 Å². The molecule has 12 heteroatoms.